The van der Waals surface area contributed by atoms with E-state index in [1.807, 2.05) is 6.92 Å². The lowest BCUT2D eigenvalue weighted by molar-refractivity contribution is 0.0949. The predicted octanol–water partition coefficient (Wildman–Crippen LogP) is 1.40. The van der Waals surface area contributed by atoms with Crippen molar-refractivity contribution in [3.05, 3.63) is 52.5 Å². The van der Waals surface area contributed by atoms with Crippen LogP contribution in [0.25, 0.3) is 16.7 Å². The third-order valence-corrected chi connectivity index (χ3v) is 3.57. The van der Waals surface area contributed by atoms with Gasteiger partial charge in [0.05, 0.1) is 12.0 Å². The Morgan fingerprint density at radius 3 is 2.67 bits per heavy atom. The number of fused-ring (bicyclic) bond motifs is 1. The number of nitrogens with zero attached hydrogens (tertiary/aromatic N) is 4. The number of carbonyl (C=O) groups excluding carboxylic acids is 1. The average Bonchev–Trinajstić information content (AvgIpc) is 2.97. The Kier molecular flexibility index (Phi) is 4.11. The van der Waals surface area contributed by atoms with Crippen LogP contribution in [0.4, 0.5) is 4.39 Å². The molecule has 0 radical (unpaired) electrons. The monoisotopic (exact) mass is 329 g/mol. The molecule has 0 bridgehead atoms. The number of aryl methyl sites for hydroxylation is 1. The lowest BCUT2D eigenvalue weighted by atomic mass is 10.3. The minimum Gasteiger partial charge on any atom is -0.351 e. The van der Waals surface area contributed by atoms with E-state index in [4.69, 9.17) is 0 Å². The van der Waals surface area contributed by atoms with Gasteiger partial charge in [-0.3, -0.25) is 9.59 Å². The van der Waals surface area contributed by atoms with Gasteiger partial charge in [0, 0.05) is 13.6 Å². The van der Waals surface area contributed by atoms with Crippen LogP contribution in [0.3, 0.4) is 0 Å². The quantitative estimate of drug-likeness (QED) is 0.784. The van der Waals surface area contributed by atoms with Crippen LogP contribution in [0, 0.1) is 5.82 Å². The molecule has 0 spiro atoms. The highest BCUT2D eigenvalue weighted by molar-refractivity contribution is 6.03. The third-order valence-electron chi connectivity index (χ3n) is 3.57. The van der Waals surface area contributed by atoms with Crippen molar-refractivity contribution in [2.45, 2.75) is 13.3 Å². The van der Waals surface area contributed by atoms with E-state index in [2.05, 4.69) is 15.4 Å². The second kappa shape index (κ2) is 6.23. The molecule has 3 rings (SSSR count). The maximum atomic E-state index is 13.2. The lowest BCUT2D eigenvalue weighted by Gasteiger charge is -2.03. The molecule has 8 heteroatoms. The average molecular weight is 329 g/mol. The molecular weight excluding hydrogens is 313 g/mol. The molecule has 1 N–H and O–H groups in total. The summed E-state index contributed by atoms with van der Waals surface area (Å²) in [5.41, 5.74) is 0.595. The minimum atomic E-state index is -0.401. The topological polar surface area (TPSA) is 81.8 Å². The van der Waals surface area contributed by atoms with Gasteiger partial charge in [0.15, 0.2) is 11.2 Å². The number of halogens is 1. The molecule has 124 valence electrons. The Morgan fingerprint density at radius 2 is 2.00 bits per heavy atom. The molecule has 2 heterocycles. The van der Waals surface area contributed by atoms with E-state index in [-0.39, 0.29) is 22.3 Å². The number of aromatic nitrogens is 4. The minimum absolute atomic E-state index is 0.0699. The molecule has 3 aromatic rings. The fraction of sp³-hybridized carbons (Fsp3) is 0.250. The van der Waals surface area contributed by atoms with Crippen molar-refractivity contribution >= 4 is 16.9 Å². The first-order chi connectivity index (χ1) is 11.5. The molecule has 0 atom stereocenters. The molecule has 0 fully saturated rings. The van der Waals surface area contributed by atoms with E-state index >= 15 is 0 Å². The van der Waals surface area contributed by atoms with Gasteiger partial charge in [0.1, 0.15) is 11.3 Å². The van der Waals surface area contributed by atoms with Crippen LogP contribution in [-0.4, -0.2) is 31.8 Å². The summed E-state index contributed by atoms with van der Waals surface area (Å²) < 4.78 is 15.8. The summed E-state index contributed by atoms with van der Waals surface area (Å²) in [6.45, 7) is 2.43. The Hall–Kier alpha value is -3.03. The summed E-state index contributed by atoms with van der Waals surface area (Å²) in [6.07, 6.45) is 2.12. The molecule has 0 aliphatic carbocycles. The SMILES string of the molecule is CCCNC(=O)c1nn(-c2ccc(F)cc2)c2c(=O)n(C)cnc12. The van der Waals surface area contributed by atoms with E-state index in [1.54, 1.807) is 7.05 Å². The van der Waals surface area contributed by atoms with Gasteiger partial charge in [-0.1, -0.05) is 6.92 Å². The molecule has 1 aromatic carbocycles. The highest BCUT2D eigenvalue weighted by atomic mass is 19.1. The Balaban J connectivity index is 2.25. The fourth-order valence-electron chi connectivity index (χ4n) is 2.33. The van der Waals surface area contributed by atoms with Crippen LogP contribution >= 0.6 is 0 Å². The molecule has 0 saturated heterocycles. The summed E-state index contributed by atoms with van der Waals surface area (Å²) >= 11 is 0. The van der Waals surface area contributed by atoms with Crippen LogP contribution in [0.1, 0.15) is 23.8 Å². The van der Waals surface area contributed by atoms with Crippen LogP contribution in [0.5, 0.6) is 0 Å². The number of rotatable bonds is 4. The summed E-state index contributed by atoms with van der Waals surface area (Å²) in [7, 11) is 1.56. The second-order valence-corrected chi connectivity index (χ2v) is 5.35. The molecule has 0 unspecified atom stereocenters. The fourth-order valence-corrected chi connectivity index (χ4v) is 2.33. The number of hydrogen-bond donors (Lipinski definition) is 1. The number of amides is 1. The highest BCUT2D eigenvalue weighted by Crippen LogP contribution is 2.18. The molecule has 0 aliphatic heterocycles. The highest BCUT2D eigenvalue weighted by Gasteiger charge is 2.21. The Morgan fingerprint density at radius 1 is 1.29 bits per heavy atom. The molecule has 24 heavy (non-hydrogen) atoms. The zero-order valence-corrected chi connectivity index (χ0v) is 13.3. The predicted molar refractivity (Wildman–Crippen MR) is 86.7 cm³/mol. The smallest absolute Gasteiger partial charge is 0.279 e. The van der Waals surface area contributed by atoms with Crippen LogP contribution < -0.4 is 10.9 Å². The maximum absolute atomic E-state index is 13.2. The molecule has 0 aliphatic rings. The number of benzene rings is 1. The van der Waals surface area contributed by atoms with Gasteiger partial charge < -0.3 is 9.88 Å². The van der Waals surface area contributed by atoms with Gasteiger partial charge >= 0.3 is 0 Å². The first kappa shape index (κ1) is 15.9. The third kappa shape index (κ3) is 2.66. The van der Waals surface area contributed by atoms with E-state index in [9.17, 15) is 14.0 Å². The van der Waals surface area contributed by atoms with E-state index in [0.29, 0.717) is 12.2 Å². The van der Waals surface area contributed by atoms with Gasteiger partial charge in [0.2, 0.25) is 0 Å². The normalized spacial score (nSPS) is 11.0. The van der Waals surface area contributed by atoms with Crippen molar-refractivity contribution in [1.29, 1.82) is 0 Å². The summed E-state index contributed by atoms with van der Waals surface area (Å²) in [4.78, 5) is 29.0. The zero-order valence-electron chi connectivity index (χ0n) is 13.3. The Labute approximate surface area is 136 Å². The van der Waals surface area contributed by atoms with Crippen LogP contribution in [0.2, 0.25) is 0 Å². The van der Waals surface area contributed by atoms with Crippen molar-refractivity contribution in [1.82, 2.24) is 24.6 Å². The van der Waals surface area contributed by atoms with E-state index in [1.165, 1.54) is 39.8 Å². The summed E-state index contributed by atoms with van der Waals surface area (Å²) in [6, 6.07) is 5.50. The van der Waals surface area contributed by atoms with Crippen molar-refractivity contribution in [2.75, 3.05) is 6.54 Å². The first-order valence-corrected chi connectivity index (χ1v) is 7.51. The standard InChI is InChI=1S/C16H16FN5O2/c1-3-8-18-15(23)13-12-14(16(24)21(2)9-19-12)22(20-13)11-6-4-10(17)5-7-11/h4-7,9H,3,8H2,1-2H3,(H,18,23). The first-order valence-electron chi connectivity index (χ1n) is 7.51. The van der Waals surface area contributed by atoms with Crippen LogP contribution in [-0.2, 0) is 7.05 Å². The zero-order chi connectivity index (χ0) is 17.3. The maximum Gasteiger partial charge on any atom is 0.279 e. The van der Waals surface area contributed by atoms with Gasteiger partial charge in [0.25, 0.3) is 11.5 Å². The number of hydrogen-bond acceptors (Lipinski definition) is 4. The van der Waals surface area contributed by atoms with E-state index in [0.717, 1.165) is 6.42 Å². The van der Waals surface area contributed by atoms with Gasteiger partial charge in [-0.15, -0.1) is 0 Å². The van der Waals surface area contributed by atoms with Gasteiger partial charge in [-0.05, 0) is 30.7 Å². The summed E-state index contributed by atoms with van der Waals surface area (Å²) in [5.74, 6) is -0.800. The summed E-state index contributed by atoms with van der Waals surface area (Å²) in [5, 5.41) is 6.98. The Bertz CT molecular complexity index is 959. The van der Waals surface area contributed by atoms with Crippen molar-refractivity contribution in [3.8, 4) is 5.69 Å². The lowest BCUT2D eigenvalue weighted by Crippen LogP contribution is -2.25. The molecule has 1 amide bonds. The van der Waals surface area contributed by atoms with Gasteiger partial charge in [-0.25, -0.2) is 14.1 Å². The van der Waals surface area contributed by atoms with Crippen molar-refractivity contribution < 1.29 is 9.18 Å². The number of carbonyl (C=O) groups is 1. The molecule has 0 saturated carbocycles. The van der Waals surface area contributed by atoms with Crippen molar-refractivity contribution in [3.63, 3.8) is 0 Å². The second-order valence-electron chi connectivity index (χ2n) is 5.35. The molecular formula is C16H16FN5O2. The molecule has 7 nitrogen and oxygen atoms in total. The largest absolute Gasteiger partial charge is 0.351 e. The molecule has 2 aromatic heterocycles. The van der Waals surface area contributed by atoms with Crippen LogP contribution in [0.15, 0.2) is 35.4 Å². The number of nitrogens with one attached hydrogen (secondary N) is 1. The van der Waals surface area contributed by atoms with E-state index < -0.39 is 11.7 Å². The van der Waals surface area contributed by atoms with Gasteiger partial charge in [-0.2, -0.15) is 5.10 Å². The van der Waals surface area contributed by atoms with Crippen molar-refractivity contribution in [2.24, 2.45) is 7.05 Å².